The van der Waals surface area contributed by atoms with Gasteiger partial charge in [-0.05, 0) is 49.1 Å². The highest BCUT2D eigenvalue weighted by atomic mass is 79.9. The highest BCUT2D eigenvalue weighted by molar-refractivity contribution is 9.10. The molecule has 5 N–H and O–H groups in total. The highest BCUT2D eigenvalue weighted by Gasteiger charge is 2.08. The van der Waals surface area contributed by atoms with Gasteiger partial charge in [0, 0.05) is 10.0 Å². The maximum atomic E-state index is 11.8. The molecule has 0 bridgehead atoms. The molecule has 0 aliphatic carbocycles. The van der Waals surface area contributed by atoms with Gasteiger partial charge in [0.25, 0.3) is 5.91 Å². The molecule has 0 aliphatic rings. The Morgan fingerprint density at radius 2 is 2.00 bits per heavy atom. The number of nitrogens with two attached hydrogens (primary N) is 1. The fourth-order valence-corrected chi connectivity index (χ4v) is 1.63. The SMILES string of the molecule is Cc1ccc(C(=O)NC(=S)NNC(N)=S)cc1Br. The number of benzene rings is 1. The molecule has 0 spiro atoms. The van der Waals surface area contributed by atoms with Gasteiger partial charge in [0.05, 0.1) is 0 Å². The number of hydrogen-bond donors (Lipinski definition) is 4. The molecule has 96 valence electrons. The van der Waals surface area contributed by atoms with E-state index in [0.29, 0.717) is 5.56 Å². The van der Waals surface area contributed by atoms with Crippen molar-refractivity contribution in [3.8, 4) is 0 Å². The second-order valence-corrected chi connectivity index (χ2v) is 5.06. The van der Waals surface area contributed by atoms with E-state index in [1.54, 1.807) is 12.1 Å². The van der Waals surface area contributed by atoms with Gasteiger partial charge in [-0.1, -0.05) is 22.0 Å². The predicted molar refractivity (Wildman–Crippen MR) is 82.0 cm³/mol. The average Bonchev–Trinajstić information content (AvgIpc) is 2.30. The van der Waals surface area contributed by atoms with E-state index in [9.17, 15) is 4.79 Å². The summed E-state index contributed by atoms with van der Waals surface area (Å²) in [6, 6.07) is 5.26. The van der Waals surface area contributed by atoms with Crippen molar-refractivity contribution in [3.63, 3.8) is 0 Å². The molecule has 0 heterocycles. The Morgan fingerprint density at radius 3 is 2.56 bits per heavy atom. The van der Waals surface area contributed by atoms with E-state index in [1.165, 1.54) is 0 Å². The fraction of sp³-hybridized carbons (Fsp3) is 0.100. The lowest BCUT2D eigenvalue weighted by molar-refractivity contribution is 0.0976. The van der Waals surface area contributed by atoms with E-state index in [2.05, 4.69) is 44.3 Å². The first-order valence-electron chi connectivity index (χ1n) is 4.83. The van der Waals surface area contributed by atoms with Crippen molar-refractivity contribution in [2.45, 2.75) is 6.92 Å². The van der Waals surface area contributed by atoms with Crippen molar-refractivity contribution in [3.05, 3.63) is 33.8 Å². The van der Waals surface area contributed by atoms with E-state index in [1.807, 2.05) is 13.0 Å². The number of carbonyl (C=O) groups is 1. The van der Waals surface area contributed by atoms with E-state index in [-0.39, 0.29) is 16.1 Å². The van der Waals surface area contributed by atoms with Gasteiger partial charge in [0.2, 0.25) is 0 Å². The number of hydrazine groups is 1. The fourth-order valence-electron chi connectivity index (χ4n) is 1.06. The topological polar surface area (TPSA) is 79.2 Å². The number of carbonyl (C=O) groups excluding carboxylic acids is 1. The van der Waals surface area contributed by atoms with Gasteiger partial charge in [-0.2, -0.15) is 0 Å². The third kappa shape index (κ3) is 4.55. The average molecular weight is 347 g/mol. The van der Waals surface area contributed by atoms with Crippen molar-refractivity contribution < 1.29 is 4.79 Å². The Hall–Kier alpha value is -1.25. The largest absolute Gasteiger partial charge is 0.375 e. The van der Waals surface area contributed by atoms with Crippen LogP contribution in [0.2, 0.25) is 0 Å². The van der Waals surface area contributed by atoms with E-state index in [4.69, 9.17) is 18.0 Å². The predicted octanol–water partition coefficient (Wildman–Crippen LogP) is 1.11. The zero-order chi connectivity index (χ0) is 13.7. The lowest BCUT2D eigenvalue weighted by atomic mass is 10.1. The Balaban J connectivity index is 2.62. The molecule has 1 rings (SSSR count). The van der Waals surface area contributed by atoms with Crippen molar-refractivity contribution in [2.75, 3.05) is 0 Å². The van der Waals surface area contributed by atoms with Crippen molar-refractivity contribution in [2.24, 2.45) is 5.73 Å². The molecular formula is C10H11BrN4OS2. The van der Waals surface area contributed by atoms with E-state index < -0.39 is 0 Å². The molecular weight excluding hydrogens is 336 g/mol. The van der Waals surface area contributed by atoms with Crippen LogP contribution in [0.15, 0.2) is 22.7 Å². The zero-order valence-corrected chi connectivity index (χ0v) is 12.6. The Labute approximate surface area is 124 Å². The summed E-state index contributed by atoms with van der Waals surface area (Å²) < 4.78 is 0.857. The Morgan fingerprint density at radius 1 is 1.33 bits per heavy atom. The van der Waals surface area contributed by atoms with Crippen molar-refractivity contribution in [1.29, 1.82) is 0 Å². The molecule has 0 saturated heterocycles. The van der Waals surface area contributed by atoms with Crippen LogP contribution in [0.25, 0.3) is 0 Å². The van der Waals surface area contributed by atoms with Crippen LogP contribution in [0.1, 0.15) is 15.9 Å². The van der Waals surface area contributed by atoms with Crippen LogP contribution in [0.4, 0.5) is 0 Å². The van der Waals surface area contributed by atoms with Crippen LogP contribution in [-0.2, 0) is 0 Å². The van der Waals surface area contributed by atoms with E-state index in [0.717, 1.165) is 10.0 Å². The van der Waals surface area contributed by atoms with Crippen LogP contribution in [0.3, 0.4) is 0 Å². The smallest absolute Gasteiger partial charge is 0.257 e. The number of aryl methyl sites for hydroxylation is 1. The molecule has 0 atom stereocenters. The normalized spacial score (nSPS) is 9.44. The van der Waals surface area contributed by atoms with E-state index >= 15 is 0 Å². The molecule has 1 amide bonds. The summed E-state index contributed by atoms with van der Waals surface area (Å²) in [7, 11) is 0. The van der Waals surface area contributed by atoms with Gasteiger partial charge >= 0.3 is 0 Å². The van der Waals surface area contributed by atoms with Crippen LogP contribution >= 0.6 is 40.4 Å². The summed E-state index contributed by atoms with van der Waals surface area (Å²) in [4.78, 5) is 11.8. The molecule has 5 nitrogen and oxygen atoms in total. The summed E-state index contributed by atoms with van der Waals surface area (Å²) >= 11 is 12.8. The third-order valence-electron chi connectivity index (χ3n) is 1.96. The minimum Gasteiger partial charge on any atom is -0.375 e. The first kappa shape index (κ1) is 14.8. The number of thiocarbonyl (C=S) groups is 2. The number of nitrogens with one attached hydrogen (secondary N) is 3. The van der Waals surface area contributed by atoms with Gasteiger partial charge < -0.3 is 5.73 Å². The summed E-state index contributed by atoms with van der Waals surface area (Å²) in [5.41, 5.74) is 11.6. The Kier molecular flexibility index (Phi) is 5.45. The molecule has 0 aliphatic heterocycles. The first-order valence-corrected chi connectivity index (χ1v) is 6.44. The molecule has 8 heteroatoms. The minimum absolute atomic E-state index is 0.0321. The van der Waals surface area contributed by atoms with Crippen molar-refractivity contribution >= 4 is 56.5 Å². The van der Waals surface area contributed by atoms with Gasteiger partial charge in [-0.3, -0.25) is 21.0 Å². The zero-order valence-electron chi connectivity index (χ0n) is 9.41. The maximum Gasteiger partial charge on any atom is 0.257 e. The van der Waals surface area contributed by atoms with Crippen LogP contribution in [0.5, 0.6) is 0 Å². The molecule has 0 saturated carbocycles. The van der Waals surface area contributed by atoms with Crippen LogP contribution in [0, 0.1) is 6.92 Å². The summed E-state index contributed by atoms with van der Waals surface area (Å²) in [6.07, 6.45) is 0. The van der Waals surface area contributed by atoms with Gasteiger partial charge in [0.15, 0.2) is 10.2 Å². The standard InChI is InChI=1S/C10H11BrN4OS2/c1-5-2-3-6(4-7(5)11)8(16)13-10(18)15-14-9(12)17/h2-4H,1H3,(H3,12,14,17)(H2,13,15,16,18). The third-order valence-corrected chi connectivity index (χ3v) is 3.12. The first-order chi connectivity index (χ1) is 8.40. The lowest BCUT2D eigenvalue weighted by Crippen LogP contribution is -2.50. The second-order valence-electron chi connectivity index (χ2n) is 3.36. The number of halogens is 1. The quantitative estimate of drug-likeness (QED) is 0.450. The lowest BCUT2D eigenvalue weighted by Gasteiger charge is -2.10. The number of hydrogen-bond acceptors (Lipinski definition) is 3. The molecule has 0 aromatic heterocycles. The summed E-state index contributed by atoms with van der Waals surface area (Å²) in [6.45, 7) is 1.93. The van der Waals surface area contributed by atoms with Gasteiger partial charge in [-0.25, -0.2) is 0 Å². The molecule has 1 aromatic rings. The molecule has 0 unspecified atom stereocenters. The number of rotatable bonds is 1. The van der Waals surface area contributed by atoms with Gasteiger partial charge in [0.1, 0.15) is 0 Å². The number of amides is 1. The van der Waals surface area contributed by atoms with Crippen LogP contribution in [-0.4, -0.2) is 16.1 Å². The summed E-state index contributed by atoms with van der Waals surface area (Å²) in [5, 5.41) is 2.60. The molecule has 1 aromatic carbocycles. The second kappa shape index (κ2) is 6.62. The molecule has 18 heavy (non-hydrogen) atoms. The highest BCUT2D eigenvalue weighted by Crippen LogP contribution is 2.17. The Bertz CT molecular complexity index is 507. The van der Waals surface area contributed by atoms with Crippen molar-refractivity contribution in [1.82, 2.24) is 16.2 Å². The monoisotopic (exact) mass is 346 g/mol. The molecule has 0 fully saturated rings. The minimum atomic E-state index is -0.321. The van der Waals surface area contributed by atoms with Gasteiger partial charge in [-0.15, -0.1) is 0 Å². The van der Waals surface area contributed by atoms with Crippen LogP contribution < -0.4 is 21.9 Å². The summed E-state index contributed by atoms with van der Waals surface area (Å²) in [5.74, 6) is -0.321. The maximum absolute atomic E-state index is 11.8. The molecule has 0 radical (unpaired) electrons.